The van der Waals surface area contributed by atoms with Gasteiger partial charge < -0.3 is 4.57 Å². The topological polar surface area (TPSA) is 22.0 Å². The number of aryl methyl sites for hydroxylation is 1. The van der Waals surface area contributed by atoms with Crippen LogP contribution < -0.4 is 0 Å². The molecule has 2 nitrogen and oxygen atoms in total. The molecular formula is C13H13NO. The van der Waals surface area contributed by atoms with E-state index < -0.39 is 0 Å². The van der Waals surface area contributed by atoms with Crippen LogP contribution in [0.15, 0.2) is 36.9 Å². The quantitative estimate of drug-likeness (QED) is 0.550. The summed E-state index contributed by atoms with van der Waals surface area (Å²) in [4.78, 5) is 11.1. The zero-order valence-electron chi connectivity index (χ0n) is 8.73. The highest BCUT2D eigenvalue weighted by atomic mass is 16.1. The van der Waals surface area contributed by atoms with Crippen molar-refractivity contribution in [1.29, 1.82) is 0 Å². The van der Waals surface area contributed by atoms with Crippen molar-refractivity contribution >= 4 is 17.2 Å². The summed E-state index contributed by atoms with van der Waals surface area (Å²) in [6, 6.07) is 7.93. The van der Waals surface area contributed by atoms with Gasteiger partial charge in [-0.3, -0.25) is 4.79 Å². The number of aromatic nitrogens is 1. The molecule has 0 N–H and O–H groups in total. The number of hydrogen-bond acceptors (Lipinski definition) is 1. The van der Waals surface area contributed by atoms with E-state index in [9.17, 15) is 4.79 Å². The van der Waals surface area contributed by atoms with Crippen LogP contribution in [0.5, 0.6) is 0 Å². The van der Waals surface area contributed by atoms with Crippen LogP contribution in [0.1, 0.15) is 16.1 Å². The van der Waals surface area contributed by atoms with Gasteiger partial charge in [-0.2, -0.15) is 0 Å². The molecular weight excluding hydrogens is 186 g/mol. The predicted molar refractivity (Wildman–Crippen MR) is 62.2 cm³/mol. The molecule has 1 aromatic carbocycles. The van der Waals surface area contributed by atoms with Crippen molar-refractivity contribution in [3.8, 4) is 0 Å². The minimum atomic E-state index is 0.721. The molecule has 0 unspecified atom stereocenters. The van der Waals surface area contributed by atoms with Gasteiger partial charge in [0.25, 0.3) is 0 Å². The molecule has 2 rings (SSSR count). The average Bonchev–Trinajstić information content (AvgIpc) is 2.54. The van der Waals surface area contributed by atoms with Crippen LogP contribution in [0, 0.1) is 0 Å². The van der Waals surface area contributed by atoms with Crippen LogP contribution in [0.2, 0.25) is 0 Å². The highest BCUT2D eigenvalue weighted by Crippen LogP contribution is 2.24. The third kappa shape index (κ3) is 1.38. The third-order valence-corrected chi connectivity index (χ3v) is 2.73. The van der Waals surface area contributed by atoms with Gasteiger partial charge in [0.05, 0.1) is 0 Å². The molecule has 0 aliphatic heterocycles. The average molecular weight is 199 g/mol. The monoisotopic (exact) mass is 199 g/mol. The van der Waals surface area contributed by atoms with Crippen LogP contribution in [0.25, 0.3) is 10.9 Å². The molecule has 0 fully saturated rings. The molecule has 0 saturated carbocycles. The Hall–Kier alpha value is -1.83. The molecule has 15 heavy (non-hydrogen) atoms. The van der Waals surface area contributed by atoms with Crippen molar-refractivity contribution in [3.63, 3.8) is 0 Å². The molecule has 0 atom stereocenters. The van der Waals surface area contributed by atoms with Crippen LogP contribution in [-0.4, -0.2) is 10.9 Å². The first-order chi connectivity index (χ1) is 7.29. The largest absolute Gasteiger partial charge is 0.347 e. The summed E-state index contributed by atoms with van der Waals surface area (Å²) in [7, 11) is 1.98. The fourth-order valence-corrected chi connectivity index (χ4v) is 1.99. The van der Waals surface area contributed by atoms with Crippen LogP contribution in [0.3, 0.4) is 0 Å². The number of carbonyl (C=O) groups excluding carboxylic acids is 1. The van der Waals surface area contributed by atoms with Crippen LogP contribution in [-0.2, 0) is 13.5 Å². The van der Waals surface area contributed by atoms with Crippen molar-refractivity contribution in [3.05, 3.63) is 48.2 Å². The lowest BCUT2D eigenvalue weighted by molar-refractivity contribution is 0.112. The van der Waals surface area contributed by atoms with E-state index in [-0.39, 0.29) is 0 Å². The van der Waals surface area contributed by atoms with E-state index in [0.29, 0.717) is 0 Å². The standard InChI is InChI=1S/C13H13NO/c1-3-6-12-11(9-15)10-7-4-5-8-13(10)14(12)2/h3-5,7-9H,1,6H2,2H3. The van der Waals surface area contributed by atoms with Gasteiger partial charge in [0.1, 0.15) is 0 Å². The summed E-state index contributed by atoms with van der Waals surface area (Å²) in [5, 5.41) is 1.02. The molecule has 2 aromatic rings. The first-order valence-corrected chi connectivity index (χ1v) is 4.92. The maximum absolute atomic E-state index is 11.1. The molecule has 1 aromatic heterocycles. The number of benzene rings is 1. The number of fused-ring (bicyclic) bond motifs is 1. The minimum Gasteiger partial charge on any atom is -0.347 e. The number of aldehydes is 1. The summed E-state index contributed by atoms with van der Waals surface area (Å²) in [6.07, 6.45) is 3.47. The fraction of sp³-hybridized carbons (Fsp3) is 0.154. The van der Waals surface area contributed by atoms with Gasteiger partial charge in [-0.25, -0.2) is 0 Å². The summed E-state index contributed by atoms with van der Waals surface area (Å²) in [6.45, 7) is 3.71. The van der Waals surface area contributed by atoms with Gasteiger partial charge in [-0.1, -0.05) is 24.3 Å². The van der Waals surface area contributed by atoms with Crippen LogP contribution >= 0.6 is 0 Å². The van der Waals surface area contributed by atoms with Gasteiger partial charge in [0.15, 0.2) is 6.29 Å². The Morgan fingerprint density at radius 2 is 2.13 bits per heavy atom. The molecule has 0 radical (unpaired) electrons. The normalized spacial score (nSPS) is 10.5. The molecule has 0 bridgehead atoms. The van der Waals surface area contributed by atoms with Crippen molar-refractivity contribution in [2.45, 2.75) is 6.42 Å². The zero-order chi connectivity index (χ0) is 10.8. The van der Waals surface area contributed by atoms with Crippen molar-refractivity contribution in [2.75, 3.05) is 0 Å². The van der Waals surface area contributed by atoms with Crippen molar-refractivity contribution < 1.29 is 4.79 Å². The van der Waals surface area contributed by atoms with E-state index in [1.165, 1.54) is 0 Å². The minimum absolute atomic E-state index is 0.721. The lowest BCUT2D eigenvalue weighted by Gasteiger charge is -2.01. The molecule has 2 heteroatoms. The Bertz CT molecular complexity index is 523. The van der Waals surface area contributed by atoms with Gasteiger partial charge in [0.2, 0.25) is 0 Å². The molecule has 0 aliphatic carbocycles. The number of allylic oxidation sites excluding steroid dienone is 1. The highest BCUT2D eigenvalue weighted by Gasteiger charge is 2.12. The Balaban J connectivity index is 2.83. The molecule has 0 saturated heterocycles. The van der Waals surface area contributed by atoms with E-state index in [1.807, 2.05) is 37.4 Å². The van der Waals surface area contributed by atoms with Gasteiger partial charge in [-0.15, -0.1) is 6.58 Å². The number of carbonyl (C=O) groups is 1. The molecule has 0 spiro atoms. The Kier molecular flexibility index (Phi) is 2.42. The number of para-hydroxylation sites is 1. The van der Waals surface area contributed by atoms with E-state index in [2.05, 4.69) is 11.1 Å². The lowest BCUT2D eigenvalue weighted by Crippen LogP contribution is -1.97. The SMILES string of the molecule is C=CCc1c(C=O)c2ccccc2n1C. The van der Waals surface area contributed by atoms with E-state index in [1.54, 1.807) is 0 Å². The first-order valence-electron chi connectivity index (χ1n) is 4.92. The molecule has 0 amide bonds. The third-order valence-electron chi connectivity index (χ3n) is 2.73. The fourth-order valence-electron chi connectivity index (χ4n) is 1.99. The number of nitrogens with zero attached hydrogens (tertiary/aromatic N) is 1. The Morgan fingerprint density at radius 1 is 1.40 bits per heavy atom. The second kappa shape index (κ2) is 3.73. The smallest absolute Gasteiger partial charge is 0.152 e. The zero-order valence-corrected chi connectivity index (χ0v) is 8.73. The summed E-state index contributed by atoms with van der Waals surface area (Å²) in [5.41, 5.74) is 2.91. The first kappa shape index (κ1) is 9.71. The lowest BCUT2D eigenvalue weighted by atomic mass is 10.1. The highest BCUT2D eigenvalue weighted by molar-refractivity contribution is 5.99. The molecule has 1 heterocycles. The van der Waals surface area contributed by atoms with Crippen molar-refractivity contribution in [1.82, 2.24) is 4.57 Å². The van der Waals surface area contributed by atoms with Gasteiger partial charge >= 0.3 is 0 Å². The Labute approximate surface area is 88.8 Å². The van der Waals surface area contributed by atoms with Gasteiger partial charge in [0, 0.05) is 35.6 Å². The summed E-state index contributed by atoms with van der Waals surface area (Å²) < 4.78 is 2.06. The second-order valence-corrected chi connectivity index (χ2v) is 3.55. The van der Waals surface area contributed by atoms with E-state index in [0.717, 1.165) is 34.9 Å². The maximum atomic E-state index is 11.1. The second-order valence-electron chi connectivity index (χ2n) is 3.55. The van der Waals surface area contributed by atoms with Gasteiger partial charge in [-0.05, 0) is 6.07 Å². The molecule has 0 aliphatic rings. The predicted octanol–water partition coefficient (Wildman–Crippen LogP) is 2.72. The van der Waals surface area contributed by atoms with Crippen LogP contribution in [0.4, 0.5) is 0 Å². The number of hydrogen-bond donors (Lipinski definition) is 0. The summed E-state index contributed by atoms with van der Waals surface area (Å²) >= 11 is 0. The van der Waals surface area contributed by atoms with Crippen molar-refractivity contribution in [2.24, 2.45) is 7.05 Å². The number of rotatable bonds is 3. The van der Waals surface area contributed by atoms with E-state index in [4.69, 9.17) is 0 Å². The molecule has 76 valence electrons. The summed E-state index contributed by atoms with van der Waals surface area (Å²) in [5.74, 6) is 0. The Morgan fingerprint density at radius 3 is 2.80 bits per heavy atom. The maximum Gasteiger partial charge on any atom is 0.152 e. The van der Waals surface area contributed by atoms with E-state index >= 15 is 0 Å².